The molecule has 0 aromatic carbocycles. The van der Waals surface area contributed by atoms with Gasteiger partial charge in [0.05, 0.1) is 6.10 Å². The zero-order chi connectivity index (χ0) is 10.8. The van der Waals surface area contributed by atoms with Crippen molar-refractivity contribution in [1.82, 2.24) is 5.32 Å². The number of hydrogen-bond donors (Lipinski definition) is 3. The number of aliphatic hydroxyl groups is 2. The van der Waals surface area contributed by atoms with Crippen molar-refractivity contribution in [1.29, 1.82) is 0 Å². The first kappa shape index (κ1) is 13.9. The molecule has 0 aliphatic rings. The molecule has 2 unspecified atom stereocenters. The van der Waals surface area contributed by atoms with Gasteiger partial charge < -0.3 is 15.5 Å². The Balaban J connectivity index is 3.18. The van der Waals surface area contributed by atoms with Crippen LogP contribution in [0, 0.1) is 0 Å². The molecule has 0 amide bonds. The van der Waals surface area contributed by atoms with Crippen LogP contribution in [-0.4, -0.2) is 35.5 Å². The van der Waals surface area contributed by atoms with E-state index in [0.717, 1.165) is 38.6 Å². The van der Waals surface area contributed by atoms with E-state index in [1.165, 1.54) is 0 Å². The van der Waals surface area contributed by atoms with E-state index < -0.39 is 0 Å². The molecule has 3 nitrogen and oxygen atoms in total. The Bertz CT molecular complexity index is 120. The molecule has 0 bridgehead atoms. The molecule has 3 N–H and O–H groups in total. The molecule has 0 radical (unpaired) electrons. The summed E-state index contributed by atoms with van der Waals surface area (Å²) >= 11 is 0. The van der Waals surface area contributed by atoms with Gasteiger partial charge in [-0.15, -0.1) is 0 Å². The van der Waals surface area contributed by atoms with Crippen LogP contribution in [0.5, 0.6) is 0 Å². The summed E-state index contributed by atoms with van der Waals surface area (Å²) < 4.78 is 0. The summed E-state index contributed by atoms with van der Waals surface area (Å²) in [6, 6.07) is 0.473. The van der Waals surface area contributed by atoms with E-state index >= 15 is 0 Å². The van der Waals surface area contributed by atoms with Crippen molar-refractivity contribution in [3.8, 4) is 0 Å². The van der Waals surface area contributed by atoms with Gasteiger partial charge in [-0.1, -0.05) is 6.92 Å². The van der Waals surface area contributed by atoms with E-state index in [-0.39, 0.29) is 12.7 Å². The van der Waals surface area contributed by atoms with Gasteiger partial charge in [0.1, 0.15) is 0 Å². The SMILES string of the molecule is CCC(O)CCCNC(C)CCCO. The first-order chi connectivity index (χ1) is 6.70. The Kier molecular flexibility index (Phi) is 9.35. The van der Waals surface area contributed by atoms with Gasteiger partial charge >= 0.3 is 0 Å². The van der Waals surface area contributed by atoms with Crippen LogP contribution in [0.25, 0.3) is 0 Å². The highest BCUT2D eigenvalue weighted by Gasteiger charge is 2.02. The molecule has 3 heteroatoms. The third kappa shape index (κ3) is 8.48. The van der Waals surface area contributed by atoms with Crippen molar-refractivity contribution in [3.05, 3.63) is 0 Å². The van der Waals surface area contributed by atoms with Gasteiger partial charge in [-0.2, -0.15) is 0 Å². The first-order valence-corrected chi connectivity index (χ1v) is 5.73. The van der Waals surface area contributed by atoms with Crippen molar-refractivity contribution >= 4 is 0 Å². The van der Waals surface area contributed by atoms with Crippen molar-refractivity contribution in [2.24, 2.45) is 0 Å². The Labute approximate surface area is 87.5 Å². The summed E-state index contributed by atoms with van der Waals surface area (Å²) in [6.07, 6.45) is 4.51. The summed E-state index contributed by atoms with van der Waals surface area (Å²) in [6.45, 7) is 5.37. The number of nitrogens with one attached hydrogen (secondary N) is 1. The average molecular weight is 203 g/mol. The monoisotopic (exact) mass is 203 g/mol. The Hall–Kier alpha value is -0.120. The number of hydrogen-bond acceptors (Lipinski definition) is 3. The van der Waals surface area contributed by atoms with Gasteiger partial charge in [0.25, 0.3) is 0 Å². The summed E-state index contributed by atoms with van der Waals surface area (Å²) in [5.41, 5.74) is 0. The van der Waals surface area contributed by atoms with Crippen LogP contribution in [0.3, 0.4) is 0 Å². The van der Waals surface area contributed by atoms with Gasteiger partial charge in [-0.05, 0) is 45.6 Å². The lowest BCUT2D eigenvalue weighted by Gasteiger charge is -2.13. The molecule has 0 rings (SSSR count). The molecule has 0 aromatic rings. The van der Waals surface area contributed by atoms with Crippen LogP contribution >= 0.6 is 0 Å². The standard InChI is InChI=1S/C11H25NO2/c1-3-11(14)7-4-8-12-10(2)6-5-9-13/h10-14H,3-9H2,1-2H3. The third-order valence-electron chi connectivity index (χ3n) is 2.47. The van der Waals surface area contributed by atoms with Crippen LogP contribution in [-0.2, 0) is 0 Å². The molecule has 86 valence electrons. The van der Waals surface area contributed by atoms with E-state index in [0.29, 0.717) is 6.04 Å². The zero-order valence-corrected chi connectivity index (χ0v) is 9.50. The molecule has 0 aliphatic carbocycles. The van der Waals surface area contributed by atoms with Crippen molar-refractivity contribution in [3.63, 3.8) is 0 Å². The predicted octanol–water partition coefficient (Wildman–Crippen LogP) is 1.29. The lowest BCUT2D eigenvalue weighted by Crippen LogP contribution is -2.27. The Morgan fingerprint density at radius 3 is 2.50 bits per heavy atom. The number of aliphatic hydroxyl groups excluding tert-OH is 2. The zero-order valence-electron chi connectivity index (χ0n) is 9.50. The van der Waals surface area contributed by atoms with Crippen LogP contribution in [0.2, 0.25) is 0 Å². The molecule has 2 atom stereocenters. The van der Waals surface area contributed by atoms with E-state index in [9.17, 15) is 5.11 Å². The second kappa shape index (κ2) is 9.44. The molecule has 14 heavy (non-hydrogen) atoms. The van der Waals surface area contributed by atoms with Gasteiger partial charge in [-0.3, -0.25) is 0 Å². The highest BCUT2D eigenvalue weighted by molar-refractivity contribution is 4.61. The Morgan fingerprint density at radius 2 is 1.93 bits per heavy atom. The molecule has 0 saturated heterocycles. The largest absolute Gasteiger partial charge is 0.396 e. The molecule has 0 spiro atoms. The van der Waals surface area contributed by atoms with Crippen LogP contribution in [0.15, 0.2) is 0 Å². The summed E-state index contributed by atoms with van der Waals surface area (Å²) in [4.78, 5) is 0. The summed E-state index contributed by atoms with van der Waals surface area (Å²) in [5.74, 6) is 0. The molecule has 0 fully saturated rings. The quantitative estimate of drug-likeness (QED) is 0.495. The fraction of sp³-hybridized carbons (Fsp3) is 1.00. The Morgan fingerprint density at radius 1 is 1.21 bits per heavy atom. The second-order valence-electron chi connectivity index (χ2n) is 3.93. The minimum Gasteiger partial charge on any atom is -0.396 e. The summed E-state index contributed by atoms with van der Waals surface area (Å²) in [7, 11) is 0. The predicted molar refractivity (Wildman–Crippen MR) is 59.3 cm³/mol. The lowest BCUT2D eigenvalue weighted by molar-refractivity contribution is 0.157. The molecular weight excluding hydrogens is 178 g/mol. The minimum atomic E-state index is -0.135. The molecule has 0 aromatic heterocycles. The smallest absolute Gasteiger partial charge is 0.0538 e. The topological polar surface area (TPSA) is 52.5 Å². The van der Waals surface area contributed by atoms with Gasteiger partial charge in [0, 0.05) is 12.6 Å². The van der Waals surface area contributed by atoms with Crippen molar-refractivity contribution < 1.29 is 10.2 Å². The van der Waals surface area contributed by atoms with E-state index in [1.807, 2.05) is 6.92 Å². The molecular formula is C11H25NO2. The maximum absolute atomic E-state index is 9.30. The maximum atomic E-state index is 9.30. The fourth-order valence-electron chi connectivity index (χ4n) is 1.39. The van der Waals surface area contributed by atoms with Crippen LogP contribution in [0.1, 0.15) is 46.0 Å². The second-order valence-corrected chi connectivity index (χ2v) is 3.93. The summed E-state index contributed by atoms with van der Waals surface area (Å²) in [5, 5.41) is 21.3. The van der Waals surface area contributed by atoms with E-state index in [1.54, 1.807) is 0 Å². The first-order valence-electron chi connectivity index (χ1n) is 5.73. The average Bonchev–Trinajstić information content (AvgIpc) is 2.21. The molecule has 0 heterocycles. The molecule has 0 saturated carbocycles. The van der Waals surface area contributed by atoms with Crippen LogP contribution in [0.4, 0.5) is 0 Å². The minimum absolute atomic E-state index is 0.135. The lowest BCUT2D eigenvalue weighted by atomic mass is 10.1. The van der Waals surface area contributed by atoms with Gasteiger partial charge in [-0.25, -0.2) is 0 Å². The maximum Gasteiger partial charge on any atom is 0.0538 e. The van der Waals surface area contributed by atoms with Crippen LogP contribution < -0.4 is 5.32 Å². The van der Waals surface area contributed by atoms with E-state index in [2.05, 4.69) is 12.2 Å². The van der Waals surface area contributed by atoms with Crippen molar-refractivity contribution in [2.45, 2.75) is 58.1 Å². The fourth-order valence-corrected chi connectivity index (χ4v) is 1.39. The van der Waals surface area contributed by atoms with Crippen molar-refractivity contribution in [2.75, 3.05) is 13.2 Å². The highest BCUT2D eigenvalue weighted by atomic mass is 16.3. The number of rotatable bonds is 9. The van der Waals surface area contributed by atoms with Gasteiger partial charge in [0.2, 0.25) is 0 Å². The molecule has 0 aliphatic heterocycles. The van der Waals surface area contributed by atoms with Gasteiger partial charge in [0.15, 0.2) is 0 Å². The highest BCUT2D eigenvalue weighted by Crippen LogP contribution is 2.01. The third-order valence-corrected chi connectivity index (χ3v) is 2.47. The van der Waals surface area contributed by atoms with E-state index in [4.69, 9.17) is 5.11 Å². The normalized spacial score (nSPS) is 15.4.